The lowest BCUT2D eigenvalue weighted by Crippen LogP contribution is -2.55. The van der Waals surface area contributed by atoms with Gasteiger partial charge in [-0.05, 0) is 12.8 Å². The fourth-order valence-corrected chi connectivity index (χ4v) is 2.98. The third kappa shape index (κ3) is 4.59. The van der Waals surface area contributed by atoms with Crippen LogP contribution < -0.4 is 5.32 Å². The van der Waals surface area contributed by atoms with Gasteiger partial charge in [0.15, 0.2) is 5.96 Å². The number of piperazine rings is 1. The summed E-state index contributed by atoms with van der Waals surface area (Å²) in [5.74, 6) is 0.364. The van der Waals surface area contributed by atoms with Crippen molar-refractivity contribution in [3.05, 3.63) is 0 Å². The molecule has 2 saturated heterocycles. The normalized spacial score (nSPS) is 23.1. The van der Waals surface area contributed by atoms with Gasteiger partial charge in [0.1, 0.15) is 6.10 Å². The zero-order valence-electron chi connectivity index (χ0n) is 14.8. The fourth-order valence-electron chi connectivity index (χ4n) is 2.98. The largest absolute Gasteiger partial charge is 0.469 e. The summed E-state index contributed by atoms with van der Waals surface area (Å²) in [5.41, 5.74) is 0. The number of hydrogen-bond donors (Lipinski definition) is 1. The summed E-state index contributed by atoms with van der Waals surface area (Å²) in [4.78, 5) is 32.1. The minimum Gasteiger partial charge on any atom is -0.469 e. The Bertz CT molecular complexity index is 469. The van der Waals surface area contributed by atoms with Crippen molar-refractivity contribution in [1.29, 1.82) is 0 Å². The lowest BCUT2D eigenvalue weighted by atomic mass is 10.2. The topological polar surface area (TPSA) is 83.5 Å². The Hall–Kier alpha value is -1.83. The number of methoxy groups -OCH3 is 1. The minimum atomic E-state index is -0.255. The summed E-state index contributed by atoms with van der Waals surface area (Å²) in [6.45, 7) is 5.71. The Balaban J connectivity index is 1.79. The number of ether oxygens (including phenoxy) is 2. The number of nitrogens with zero attached hydrogens (tertiary/aromatic N) is 3. The van der Waals surface area contributed by atoms with Gasteiger partial charge in [0.25, 0.3) is 5.91 Å². The van der Waals surface area contributed by atoms with Crippen molar-refractivity contribution in [1.82, 2.24) is 15.1 Å². The fraction of sp³-hybridized carbons (Fsp3) is 0.812. The van der Waals surface area contributed by atoms with E-state index < -0.39 is 0 Å². The molecule has 2 rings (SSSR count). The lowest BCUT2D eigenvalue weighted by molar-refractivity contribution is -0.144. The number of amides is 1. The standard InChI is InChI=1S/C16H28N4O4/c1-12(15(22)23-3)11-18-16(17-2)20-8-6-19(7-9-20)14(21)13-5-4-10-24-13/h12-13H,4-11H2,1-3H3,(H,17,18). The summed E-state index contributed by atoms with van der Waals surface area (Å²) in [6, 6.07) is 0. The summed E-state index contributed by atoms with van der Waals surface area (Å²) in [5, 5.41) is 3.20. The average molecular weight is 340 g/mol. The maximum Gasteiger partial charge on any atom is 0.310 e. The number of carbonyl (C=O) groups is 2. The van der Waals surface area contributed by atoms with E-state index in [9.17, 15) is 9.59 Å². The van der Waals surface area contributed by atoms with Gasteiger partial charge < -0.3 is 24.6 Å². The lowest BCUT2D eigenvalue weighted by Gasteiger charge is -2.37. The molecule has 0 radical (unpaired) electrons. The van der Waals surface area contributed by atoms with Crippen LogP contribution in [0.15, 0.2) is 4.99 Å². The second kappa shape index (κ2) is 8.86. The maximum atomic E-state index is 12.4. The quantitative estimate of drug-likeness (QED) is 0.430. The first-order chi connectivity index (χ1) is 11.6. The third-order valence-corrected chi connectivity index (χ3v) is 4.48. The van der Waals surface area contributed by atoms with E-state index in [1.54, 1.807) is 7.05 Å². The van der Waals surface area contributed by atoms with Crippen molar-refractivity contribution in [3.8, 4) is 0 Å². The van der Waals surface area contributed by atoms with Gasteiger partial charge in [-0.2, -0.15) is 0 Å². The van der Waals surface area contributed by atoms with E-state index in [0.717, 1.165) is 18.8 Å². The van der Waals surface area contributed by atoms with Crippen LogP contribution in [-0.2, 0) is 19.1 Å². The molecule has 2 unspecified atom stereocenters. The van der Waals surface area contributed by atoms with Crippen molar-refractivity contribution >= 4 is 17.8 Å². The van der Waals surface area contributed by atoms with Crippen molar-refractivity contribution in [2.75, 3.05) is 53.5 Å². The van der Waals surface area contributed by atoms with Gasteiger partial charge in [0, 0.05) is 46.4 Å². The number of esters is 1. The molecule has 2 fully saturated rings. The molecule has 8 nitrogen and oxygen atoms in total. The van der Waals surface area contributed by atoms with E-state index in [2.05, 4.69) is 15.2 Å². The summed E-state index contributed by atoms with van der Waals surface area (Å²) >= 11 is 0. The number of hydrogen-bond acceptors (Lipinski definition) is 5. The minimum absolute atomic E-state index is 0.106. The molecule has 2 heterocycles. The highest BCUT2D eigenvalue weighted by Crippen LogP contribution is 2.16. The van der Waals surface area contributed by atoms with Gasteiger partial charge in [0.2, 0.25) is 0 Å². The molecule has 0 aromatic heterocycles. The molecule has 8 heteroatoms. The molecule has 1 N–H and O–H groups in total. The summed E-state index contributed by atoms with van der Waals surface area (Å²) in [6.07, 6.45) is 1.54. The van der Waals surface area contributed by atoms with Crippen LogP contribution in [0.4, 0.5) is 0 Å². The molecule has 2 atom stereocenters. The van der Waals surface area contributed by atoms with Crippen LogP contribution >= 0.6 is 0 Å². The second-order valence-electron chi connectivity index (χ2n) is 6.17. The molecule has 0 saturated carbocycles. The van der Waals surface area contributed by atoms with Crippen molar-refractivity contribution in [2.45, 2.75) is 25.9 Å². The van der Waals surface area contributed by atoms with E-state index in [4.69, 9.17) is 9.47 Å². The number of nitrogens with one attached hydrogen (secondary N) is 1. The Labute approximate surface area is 143 Å². The molecule has 0 spiro atoms. The molecule has 1 amide bonds. The first kappa shape index (κ1) is 18.5. The molecule has 2 aliphatic rings. The van der Waals surface area contributed by atoms with Crippen LogP contribution in [0, 0.1) is 5.92 Å². The molecular weight excluding hydrogens is 312 g/mol. The van der Waals surface area contributed by atoms with E-state index in [-0.39, 0.29) is 23.9 Å². The van der Waals surface area contributed by atoms with E-state index in [1.165, 1.54) is 7.11 Å². The molecule has 0 bridgehead atoms. The predicted molar refractivity (Wildman–Crippen MR) is 89.7 cm³/mol. The van der Waals surface area contributed by atoms with Crippen LogP contribution in [0.2, 0.25) is 0 Å². The van der Waals surface area contributed by atoms with Crippen molar-refractivity contribution < 1.29 is 19.1 Å². The van der Waals surface area contributed by atoms with Crippen LogP contribution in [0.5, 0.6) is 0 Å². The maximum absolute atomic E-state index is 12.4. The predicted octanol–water partition coefficient (Wildman–Crippen LogP) is -0.306. The second-order valence-corrected chi connectivity index (χ2v) is 6.17. The number of guanidine groups is 1. The molecule has 136 valence electrons. The average Bonchev–Trinajstić information content (AvgIpc) is 3.15. The highest BCUT2D eigenvalue weighted by Gasteiger charge is 2.31. The highest BCUT2D eigenvalue weighted by molar-refractivity contribution is 5.83. The zero-order chi connectivity index (χ0) is 17.5. The molecule has 0 aromatic carbocycles. The van der Waals surface area contributed by atoms with Crippen molar-refractivity contribution in [2.24, 2.45) is 10.9 Å². The Morgan fingerprint density at radius 1 is 1.29 bits per heavy atom. The zero-order valence-corrected chi connectivity index (χ0v) is 14.8. The first-order valence-corrected chi connectivity index (χ1v) is 8.50. The number of aliphatic imine (C=N–C) groups is 1. The van der Waals surface area contributed by atoms with Gasteiger partial charge in [-0.3, -0.25) is 14.6 Å². The van der Waals surface area contributed by atoms with Crippen molar-refractivity contribution in [3.63, 3.8) is 0 Å². The van der Waals surface area contributed by atoms with Gasteiger partial charge >= 0.3 is 5.97 Å². The van der Waals surface area contributed by atoms with E-state index >= 15 is 0 Å². The smallest absolute Gasteiger partial charge is 0.310 e. The Morgan fingerprint density at radius 2 is 1.96 bits per heavy atom. The van der Waals surface area contributed by atoms with Gasteiger partial charge in [-0.15, -0.1) is 0 Å². The Morgan fingerprint density at radius 3 is 2.50 bits per heavy atom. The number of rotatable bonds is 4. The van der Waals surface area contributed by atoms with Crippen LogP contribution in [0.1, 0.15) is 19.8 Å². The van der Waals surface area contributed by atoms with E-state index in [0.29, 0.717) is 39.3 Å². The summed E-state index contributed by atoms with van der Waals surface area (Å²) < 4.78 is 10.2. The molecule has 0 aliphatic carbocycles. The molecule has 2 aliphatic heterocycles. The monoisotopic (exact) mass is 340 g/mol. The van der Waals surface area contributed by atoms with Crippen LogP contribution in [0.3, 0.4) is 0 Å². The third-order valence-electron chi connectivity index (χ3n) is 4.48. The molecule has 0 aromatic rings. The Kier molecular flexibility index (Phi) is 6.84. The SMILES string of the molecule is CN=C(NCC(C)C(=O)OC)N1CCN(C(=O)C2CCCO2)CC1. The number of carbonyl (C=O) groups excluding carboxylic acids is 2. The first-order valence-electron chi connectivity index (χ1n) is 8.50. The van der Waals surface area contributed by atoms with Crippen LogP contribution in [-0.4, -0.2) is 87.2 Å². The van der Waals surface area contributed by atoms with Crippen LogP contribution in [0.25, 0.3) is 0 Å². The van der Waals surface area contributed by atoms with Gasteiger partial charge in [-0.25, -0.2) is 0 Å². The molecule has 24 heavy (non-hydrogen) atoms. The highest BCUT2D eigenvalue weighted by atomic mass is 16.5. The summed E-state index contributed by atoms with van der Waals surface area (Å²) in [7, 11) is 3.10. The molecular formula is C16H28N4O4. The van der Waals surface area contributed by atoms with Gasteiger partial charge in [-0.1, -0.05) is 6.92 Å². The van der Waals surface area contributed by atoms with Gasteiger partial charge in [0.05, 0.1) is 13.0 Å². The van der Waals surface area contributed by atoms with E-state index in [1.807, 2.05) is 11.8 Å².